The van der Waals surface area contributed by atoms with Gasteiger partial charge in [0.15, 0.2) is 0 Å². The van der Waals surface area contributed by atoms with Gasteiger partial charge in [-0.15, -0.1) is 0 Å². The van der Waals surface area contributed by atoms with Crippen LogP contribution < -0.4 is 11.4 Å². The number of nitrogens with one attached hydrogen (secondary N) is 1. The van der Waals surface area contributed by atoms with Gasteiger partial charge in [0.05, 0.1) is 25.3 Å². The van der Waals surface area contributed by atoms with Crippen LogP contribution in [0.4, 0.5) is 0 Å². The molecule has 0 aliphatic rings. The summed E-state index contributed by atoms with van der Waals surface area (Å²) in [5.74, 6) is 0. The highest BCUT2D eigenvalue weighted by Gasteiger charge is 2.12. The van der Waals surface area contributed by atoms with Gasteiger partial charge in [-0.05, 0) is 13.8 Å². The molecule has 0 aromatic carbocycles. The molecule has 0 spiro atoms. The highest BCUT2D eigenvalue weighted by atomic mass is 16.3. The molecule has 1 aromatic rings. The molecule has 3 N–H and O–H groups in total. The number of aromatic amines is 1. The van der Waals surface area contributed by atoms with Gasteiger partial charge < -0.3 is 10.2 Å². The fourth-order valence-electron chi connectivity index (χ4n) is 1.30. The van der Waals surface area contributed by atoms with E-state index in [0.29, 0.717) is 0 Å². The number of hydrogen-bond acceptors (Lipinski definition) is 4. The van der Waals surface area contributed by atoms with Crippen molar-refractivity contribution in [3.63, 3.8) is 0 Å². The van der Waals surface area contributed by atoms with Gasteiger partial charge in [-0.3, -0.25) is 4.98 Å². The largest absolute Gasteiger partial charge is 0.391 e. The molecule has 86 valence electrons. The normalized spacial score (nSPS) is 15.2. The van der Waals surface area contributed by atoms with Crippen LogP contribution in [0.15, 0.2) is 9.59 Å². The molecule has 0 bridgehead atoms. The zero-order chi connectivity index (χ0) is 11.6. The van der Waals surface area contributed by atoms with Crippen LogP contribution in [0.3, 0.4) is 0 Å². The zero-order valence-corrected chi connectivity index (χ0v) is 8.67. The monoisotopic (exact) mass is 217 g/mol. The van der Waals surface area contributed by atoms with E-state index in [-0.39, 0.29) is 13.1 Å². The molecule has 0 aliphatic heterocycles. The topological polar surface area (TPSA) is 100 Å². The minimum atomic E-state index is -0.738. The lowest BCUT2D eigenvalue weighted by molar-refractivity contribution is 0.134. The van der Waals surface area contributed by atoms with E-state index in [2.05, 4.69) is 4.98 Å². The van der Waals surface area contributed by atoms with Crippen molar-refractivity contribution in [2.45, 2.75) is 39.1 Å². The van der Waals surface area contributed by atoms with Gasteiger partial charge in [0, 0.05) is 0 Å². The van der Waals surface area contributed by atoms with E-state index in [1.807, 2.05) is 0 Å². The van der Waals surface area contributed by atoms with Crippen molar-refractivity contribution in [1.82, 2.24) is 14.3 Å². The molecule has 0 fully saturated rings. The summed E-state index contributed by atoms with van der Waals surface area (Å²) in [6.45, 7) is 3.06. The van der Waals surface area contributed by atoms with E-state index in [1.165, 1.54) is 13.8 Å². The predicted molar refractivity (Wildman–Crippen MR) is 52.7 cm³/mol. The molecule has 1 heterocycles. The first-order valence-corrected chi connectivity index (χ1v) is 4.68. The summed E-state index contributed by atoms with van der Waals surface area (Å²) < 4.78 is 2.17. The van der Waals surface area contributed by atoms with Gasteiger partial charge >= 0.3 is 11.4 Å². The van der Waals surface area contributed by atoms with E-state index in [1.54, 1.807) is 0 Å². The molecule has 7 nitrogen and oxygen atoms in total. The molecule has 0 amide bonds. The van der Waals surface area contributed by atoms with Crippen molar-refractivity contribution in [2.75, 3.05) is 0 Å². The predicted octanol–water partition coefficient (Wildman–Crippen LogP) is -1.90. The van der Waals surface area contributed by atoms with Crippen LogP contribution in [0.2, 0.25) is 0 Å². The third kappa shape index (κ3) is 2.80. The Morgan fingerprint density at radius 2 is 1.40 bits per heavy atom. The summed E-state index contributed by atoms with van der Waals surface area (Å²) >= 11 is 0. The SMILES string of the molecule is CC(O)Cn1c(=O)[nH]c(=O)n1CC(C)O. The van der Waals surface area contributed by atoms with Gasteiger partial charge in [-0.25, -0.2) is 19.0 Å². The maximum Gasteiger partial charge on any atom is 0.344 e. The van der Waals surface area contributed by atoms with Crippen LogP contribution in [0.5, 0.6) is 0 Å². The van der Waals surface area contributed by atoms with Crippen LogP contribution in [-0.4, -0.2) is 36.8 Å². The second kappa shape index (κ2) is 4.45. The summed E-state index contributed by atoms with van der Waals surface area (Å²) in [6.07, 6.45) is -1.48. The van der Waals surface area contributed by atoms with E-state index in [0.717, 1.165) is 9.36 Å². The maximum absolute atomic E-state index is 11.3. The number of hydrogen-bond donors (Lipinski definition) is 3. The smallest absolute Gasteiger partial charge is 0.344 e. The molecule has 2 unspecified atom stereocenters. The summed E-state index contributed by atoms with van der Waals surface area (Å²) in [5, 5.41) is 18.3. The van der Waals surface area contributed by atoms with E-state index in [4.69, 9.17) is 10.2 Å². The lowest BCUT2D eigenvalue weighted by atomic mass is 10.4. The maximum atomic E-state index is 11.3. The quantitative estimate of drug-likeness (QED) is 0.548. The molecule has 0 radical (unpaired) electrons. The first-order chi connectivity index (χ1) is 6.91. The van der Waals surface area contributed by atoms with Crippen LogP contribution in [0.25, 0.3) is 0 Å². The molecule has 1 aromatic heterocycles. The molecule has 15 heavy (non-hydrogen) atoms. The van der Waals surface area contributed by atoms with Crippen LogP contribution >= 0.6 is 0 Å². The molecule has 1 rings (SSSR count). The number of rotatable bonds is 4. The minimum Gasteiger partial charge on any atom is -0.391 e. The third-order valence-corrected chi connectivity index (χ3v) is 1.85. The Morgan fingerprint density at radius 3 is 1.67 bits per heavy atom. The van der Waals surface area contributed by atoms with E-state index in [9.17, 15) is 9.59 Å². The Kier molecular flexibility index (Phi) is 3.48. The Hall–Kier alpha value is -1.34. The van der Waals surface area contributed by atoms with Crippen molar-refractivity contribution in [3.05, 3.63) is 21.0 Å². The summed E-state index contributed by atoms with van der Waals surface area (Å²) in [6, 6.07) is 0. The van der Waals surface area contributed by atoms with Gasteiger partial charge in [0.2, 0.25) is 0 Å². The standard InChI is InChI=1S/C8H15N3O4/c1-5(12)3-10-7(14)9-8(15)11(10)4-6(2)13/h5-6,12-13H,3-4H2,1-2H3,(H,9,14,15). The molecule has 0 saturated heterocycles. The molecule has 0 saturated carbocycles. The van der Waals surface area contributed by atoms with Gasteiger partial charge in [-0.1, -0.05) is 0 Å². The lowest BCUT2D eigenvalue weighted by Crippen LogP contribution is -2.33. The molecule has 2 atom stereocenters. The van der Waals surface area contributed by atoms with Gasteiger partial charge in [0.1, 0.15) is 0 Å². The Labute approximate surface area is 85.6 Å². The van der Waals surface area contributed by atoms with E-state index >= 15 is 0 Å². The Bertz CT molecular complexity index is 387. The van der Waals surface area contributed by atoms with Crippen LogP contribution in [-0.2, 0) is 13.1 Å². The van der Waals surface area contributed by atoms with Crippen LogP contribution in [0, 0.1) is 0 Å². The number of H-pyrrole nitrogens is 1. The fraction of sp³-hybridized carbons (Fsp3) is 0.750. The summed E-state index contributed by atoms with van der Waals surface area (Å²) in [5.41, 5.74) is -1.16. The Morgan fingerprint density at radius 1 is 1.07 bits per heavy atom. The van der Waals surface area contributed by atoms with Gasteiger partial charge in [-0.2, -0.15) is 0 Å². The van der Waals surface area contributed by atoms with Gasteiger partial charge in [0.25, 0.3) is 0 Å². The average molecular weight is 217 g/mol. The first kappa shape index (κ1) is 11.7. The van der Waals surface area contributed by atoms with Crippen molar-refractivity contribution >= 4 is 0 Å². The van der Waals surface area contributed by atoms with Crippen molar-refractivity contribution < 1.29 is 10.2 Å². The second-order valence-electron chi connectivity index (χ2n) is 3.60. The first-order valence-electron chi connectivity index (χ1n) is 4.68. The molecule has 0 aliphatic carbocycles. The highest BCUT2D eigenvalue weighted by molar-refractivity contribution is 4.70. The Balaban J connectivity index is 3.11. The van der Waals surface area contributed by atoms with Crippen molar-refractivity contribution in [2.24, 2.45) is 0 Å². The second-order valence-corrected chi connectivity index (χ2v) is 3.60. The number of aromatic nitrogens is 3. The summed E-state index contributed by atoms with van der Waals surface area (Å²) in [4.78, 5) is 24.6. The molecular formula is C8H15N3O4. The number of aliphatic hydroxyl groups is 2. The summed E-state index contributed by atoms with van der Waals surface area (Å²) in [7, 11) is 0. The zero-order valence-electron chi connectivity index (χ0n) is 8.67. The average Bonchev–Trinajstić information content (AvgIpc) is 2.30. The van der Waals surface area contributed by atoms with Crippen molar-refractivity contribution in [1.29, 1.82) is 0 Å². The molecule has 7 heteroatoms. The fourth-order valence-corrected chi connectivity index (χ4v) is 1.30. The lowest BCUT2D eigenvalue weighted by Gasteiger charge is -2.12. The highest BCUT2D eigenvalue weighted by Crippen LogP contribution is 1.89. The number of aliphatic hydroxyl groups excluding tert-OH is 2. The number of nitrogens with zero attached hydrogens (tertiary/aromatic N) is 2. The van der Waals surface area contributed by atoms with Crippen molar-refractivity contribution in [3.8, 4) is 0 Å². The van der Waals surface area contributed by atoms with Crippen LogP contribution in [0.1, 0.15) is 13.8 Å². The van der Waals surface area contributed by atoms with E-state index < -0.39 is 23.6 Å². The third-order valence-electron chi connectivity index (χ3n) is 1.85. The molecular weight excluding hydrogens is 202 g/mol. The minimum absolute atomic E-state index is 0.0181.